The van der Waals surface area contributed by atoms with Crippen LogP contribution in [0.2, 0.25) is 0 Å². The van der Waals surface area contributed by atoms with Crippen LogP contribution in [0.3, 0.4) is 0 Å². The average molecular weight is 259 g/mol. The van der Waals surface area contributed by atoms with E-state index in [0.717, 1.165) is 22.7 Å². The SMILES string of the molecule is COCCOc1ccc(-c2cc(C)nc(N)n2)cc1. The highest BCUT2D eigenvalue weighted by atomic mass is 16.5. The molecular formula is C14H17N3O2. The van der Waals surface area contributed by atoms with E-state index in [4.69, 9.17) is 15.2 Å². The molecule has 2 rings (SSSR count). The van der Waals surface area contributed by atoms with E-state index in [0.29, 0.717) is 13.2 Å². The molecule has 0 aliphatic heterocycles. The Balaban J connectivity index is 2.13. The molecule has 0 radical (unpaired) electrons. The lowest BCUT2D eigenvalue weighted by Crippen LogP contribution is -2.04. The first-order chi connectivity index (χ1) is 9.19. The number of rotatable bonds is 5. The molecule has 0 saturated carbocycles. The molecule has 2 N–H and O–H groups in total. The summed E-state index contributed by atoms with van der Waals surface area (Å²) in [7, 11) is 1.65. The van der Waals surface area contributed by atoms with Crippen molar-refractivity contribution >= 4 is 5.95 Å². The Hall–Kier alpha value is -2.14. The maximum absolute atomic E-state index is 5.65. The molecule has 0 spiro atoms. The van der Waals surface area contributed by atoms with Gasteiger partial charge >= 0.3 is 0 Å². The first-order valence-electron chi connectivity index (χ1n) is 6.02. The van der Waals surface area contributed by atoms with Crippen molar-refractivity contribution < 1.29 is 9.47 Å². The molecule has 5 nitrogen and oxygen atoms in total. The molecule has 1 aromatic heterocycles. The van der Waals surface area contributed by atoms with Gasteiger partial charge in [-0.1, -0.05) is 0 Å². The predicted octanol–water partition coefficient (Wildman–Crippen LogP) is 2.06. The summed E-state index contributed by atoms with van der Waals surface area (Å²) in [6, 6.07) is 9.60. The van der Waals surface area contributed by atoms with E-state index in [1.54, 1.807) is 7.11 Å². The zero-order valence-corrected chi connectivity index (χ0v) is 11.1. The second-order valence-corrected chi connectivity index (χ2v) is 4.12. The number of nitrogens with two attached hydrogens (primary N) is 1. The van der Waals surface area contributed by atoms with Gasteiger partial charge in [0.15, 0.2) is 0 Å². The fourth-order valence-electron chi connectivity index (χ4n) is 1.70. The Morgan fingerprint density at radius 2 is 1.84 bits per heavy atom. The minimum Gasteiger partial charge on any atom is -0.491 e. The molecule has 100 valence electrons. The molecule has 0 fully saturated rings. The third-order valence-electron chi connectivity index (χ3n) is 2.58. The molecule has 1 aromatic carbocycles. The van der Waals surface area contributed by atoms with Crippen molar-refractivity contribution in [3.05, 3.63) is 36.0 Å². The van der Waals surface area contributed by atoms with Crippen molar-refractivity contribution in [2.45, 2.75) is 6.92 Å². The topological polar surface area (TPSA) is 70.3 Å². The maximum atomic E-state index is 5.65. The fraction of sp³-hybridized carbons (Fsp3) is 0.286. The van der Waals surface area contributed by atoms with E-state index in [1.165, 1.54) is 0 Å². The van der Waals surface area contributed by atoms with Gasteiger partial charge in [0.25, 0.3) is 0 Å². The van der Waals surface area contributed by atoms with Crippen molar-refractivity contribution in [1.82, 2.24) is 9.97 Å². The third kappa shape index (κ3) is 3.66. The number of benzene rings is 1. The second-order valence-electron chi connectivity index (χ2n) is 4.12. The Bertz CT molecular complexity index is 521. The van der Waals surface area contributed by atoms with Crippen LogP contribution in [0, 0.1) is 6.92 Å². The van der Waals surface area contributed by atoms with Gasteiger partial charge in [-0.2, -0.15) is 0 Å². The Kier molecular flexibility index (Phi) is 4.30. The number of methoxy groups -OCH3 is 1. The summed E-state index contributed by atoms with van der Waals surface area (Å²) in [6.45, 7) is 3.00. The van der Waals surface area contributed by atoms with E-state index in [9.17, 15) is 0 Å². The highest BCUT2D eigenvalue weighted by molar-refractivity contribution is 5.61. The molecule has 1 heterocycles. The molecule has 0 unspecified atom stereocenters. The maximum Gasteiger partial charge on any atom is 0.220 e. The van der Waals surface area contributed by atoms with E-state index in [-0.39, 0.29) is 5.95 Å². The van der Waals surface area contributed by atoms with Crippen LogP contribution in [-0.4, -0.2) is 30.3 Å². The summed E-state index contributed by atoms with van der Waals surface area (Å²) < 4.78 is 10.4. The zero-order valence-electron chi connectivity index (χ0n) is 11.1. The van der Waals surface area contributed by atoms with Crippen LogP contribution >= 0.6 is 0 Å². The quantitative estimate of drug-likeness (QED) is 0.832. The number of ether oxygens (including phenoxy) is 2. The van der Waals surface area contributed by atoms with Crippen LogP contribution in [0.25, 0.3) is 11.3 Å². The number of anilines is 1. The molecule has 0 aliphatic carbocycles. The first kappa shape index (κ1) is 13.3. The van der Waals surface area contributed by atoms with Crippen molar-refractivity contribution in [2.24, 2.45) is 0 Å². The molecule has 0 amide bonds. The normalized spacial score (nSPS) is 10.4. The summed E-state index contributed by atoms with van der Waals surface area (Å²) in [5.74, 6) is 1.09. The van der Waals surface area contributed by atoms with E-state index < -0.39 is 0 Å². The number of aryl methyl sites for hydroxylation is 1. The predicted molar refractivity (Wildman–Crippen MR) is 74.0 cm³/mol. The first-order valence-corrected chi connectivity index (χ1v) is 6.02. The molecule has 5 heteroatoms. The zero-order chi connectivity index (χ0) is 13.7. The Labute approximate surface area is 112 Å². The Morgan fingerprint density at radius 3 is 2.47 bits per heavy atom. The van der Waals surface area contributed by atoms with E-state index in [2.05, 4.69) is 9.97 Å². The second kappa shape index (κ2) is 6.15. The number of hydrogen-bond donors (Lipinski definition) is 1. The lowest BCUT2D eigenvalue weighted by atomic mass is 10.1. The summed E-state index contributed by atoms with van der Waals surface area (Å²) in [6.07, 6.45) is 0. The van der Waals surface area contributed by atoms with Gasteiger partial charge in [0.05, 0.1) is 12.3 Å². The van der Waals surface area contributed by atoms with Crippen LogP contribution in [0.1, 0.15) is 5.69 Å². The highest BCUT2D eigenvalue weighted by Crippen LogP contribution is 2.21. The largest absolute Gasteiger partial charge is 0.491 e. The number of hydrogen-bond acceptors (Lipinski definition) is 5. The summed E-state index contributed by atoms with van der Waals surface area (Å²) >= 11 is 0. The molecule has 0 bridgehead atoms. The summed E-state index contributed by atoms with van der Waals surface area (Å²) in [4.78, 5) is 8.27. The van der Waals surface area contributed by atoms with Crippen molar-refractivity contribution in [1.29, 1.82) is 0 Å². The highest BCUT2D eigenvalue weighted by Gasteiger charge is 2.03. The van der Waals surface area contributed by atoms with Gasteiger partial charge in [-0.15, -0.1) is 0 Å². The smallest absolute Gasteiger partial charge is 0.220 e. The van der Waals surface area contributed by atoms with Gasteiger partial charge < -0.3 is 15.2 Å². The lowest BCUT2D eigenvalue weighted by Gasteiger charge is -2.07. The van der Waals surface area contributed by atoms with Gasteiger partial charge in [-0.25, -0.2) is 9.97 Å². The van der Waals surface area contributed by atoms with Crippen molar-refractivity contribution in [3.63, 3.8) is 0 Å². The van der Waals surface area contributed by atoms with Crippen LogP contribution in [-0.2, 0) is 4.74 Å². The number of nitrogen functional groups attached to an aromatic ring is 1. The fourth-order valence-corrected chi connectivity index (χ4v) is 1.70. The van der Waals surface area contributed by atoms with Gasteiger partial charge in [0.1, 0.15) is 12.4 Å². The summed E-state index contributed by atoms with van der Waals surface area (Å²) in [5.41, 5.74) is 8.29. The van der Waals surface area contributed by atoms with Crippen molar-refractivity contribution in [2.75, 3.05) is 26.1 Å². The van der Waals surface area contributed by atoms with E-state index >= 15 is 0 Å². The standard InChI is InChI=1S/C14H17N3O2/c1-10-9-13(17-14(15)16-10)11-3-5-12(6-4-11)19-8-7-18-2/h3-6,9H,7-8H2,1-2H3,(H2,15,16,17). The minimum absolute atomic E-state index is 0.287. The van der Waals surface area contributed by atoms with Crippen LogP contribution < -0.4 is 10.5 Å². The molecule has 0 saturated heterocycles. The molecule has 19 heavy (non-hydrogen) atoms. The molecular weight excluding hydrogens is 242 g/mol. The minimum atomic E-state index is 0.287. The number of aromatic nitrogens is 2. The van der Waals surface area contributed by atoms with Crippen LogP contribution in [0.15, 0.2) is 30.3 Å². The van der Waals surface area contributed by atoms with E-state index in [1.807, 2.05) is 37.3 Å². The van der Waals surface area contributed by atoms with Gasteiger partial charge in [0.2, 0.25) is 5.95 Å². The van der Waals surface area contributed by atoms with Crippen LogP contribution in [0.4, 0.5) is 5.95 Å². The monoisotopic (exact) mass is 259 g/mol. The Morgan fingerprint density at radius 1 is 1.11 bits per heavy atom. The van der Waals surface area contributed by atoms with Gasteiger partial charge in [-0.3, -0.25) is 0 Å². The lowest BCUT2D eigenvalue weighted by molar-refractivity contribution is 0.146. The number of nitrogens with zero attached hydrogens (tertiary/aromatic N) is 2. The molecule has 0 aliphatic rings. The summed E-state index contributed by atoms with van der Waals surface area (Å²) in [5, 5.41) is 0. The van der Waals surface area contributed by atoms with Crippen LogP contribution in [0.5, 0.6) is 5.75 Å². The molecule has 0 atom stereocenters. The molecule has 2 aromatic rings. The average Bonchev–Trinajstić information content (AvgIpc) is 2.39. The van der Waals surface area contributed by atoms with Crippen molar-refractivity contribution in [3.8, 4) is 17.0 Å². The third-order valence-corrected chi connectivity index (χ3v) is 2.58. The van der Waals surface area contributed by atoms with Gasteiger partial charge in [0, 0.05) is 18.4 Å². The van der Waals surface area contributed by atoms with Gasteiger partial charge in [-0.05, 0) is 37.3 Å².